The monoisotopic (exact) mass is 688 g/mol. The number of likely N-dealkylation sites (N-methyl/N-ethyl adjacent to an activating group) is 1. The highest BCUT2D eigenvalue weighted by Crippen LogP contribution is 2.33. The number of benzene rings is 4. The number of rotatable bonds is 12. The molecule has 0 aliphatic rings. The summed E-state index contributed by atoms with van der Waals surface area (Å²) in [6, 6.07) is 24.0. The Bertz CT molecular complexity index is 1890. The molecule has 0 saturated carbocycles. The minimum Gasteiger partial charge on any atom is -0.384 e. The molecule has 12 heteroatoms. The maximum atomic E-state index is 14.4. The second kappa shape index (κ2) is 15.3. The van der Waals surface area contributed by atoms with Crippen molar-refractivity contribution >= 4 is 79.8 Å². The number of hydrogen-bond acceptors (Lipinski definition) is 5. The van der Waals surface area contributed by atoms with Crippen molar-refractivity contribution in [2.24, 2.45) is 12.8 Å². The second-order valence-corrected chi connectivity index (χ2v) is 12.8. The third-order valence-electron chi connectivity index (χ3n) is 8.06. The lowest BCUT2D eigenvalue weighted by atomic mass is 10.1. The highest BCUT2D eigenvalue weighted by atomic mass is 35.5. The van der Waals surface area contributed by atoms with E-state index in [-0.39, 0.29) is 35.5 Å². The van der Waals surface area contributed by atoms with E-state index in [9.17, 15) is 8.42 Å². The Morgan fingerprint density at radius 1 is 0.911 bits per heavy atom. The Labute approximate surface area is 282 Å². The fourth-order valence-corrected chi connectivity index (χ4v) is 7.37. The molecule has 0 fully saturated rings. The number of nitrogen functional groups attached to an aromatic ring is 1. The third-order valence-corrected chi connectivity index (χ3v) is 10.3. The zero-order valence-corrected chi connectivity index (χ0v) is 28.7. The maximum Gasteiger partial charge on any atom is 0.264 e. The summed E-state index contributed by atoms with van der Waals surface area (Å²) in [7, 11) is -1.96. The normalized spacial score (nSPS) is 11.4. The lowest BCUT2D eigenvalue weighted by Gasteiger charge is -2.28. The van der Waals surface area contributed by atoms with E-state index in [1.54, 1.807) is 30.3 Å². The van der Waals surface area contributed by atoms with Crippen LogP contribution in [0.2, 0.25) is 5.02 Å². The number of aryl methyl sites for hydroxylation is 3. The van der Waals surface area contributed by atoms with Crippen LogP contribution in [-0.2, 0) is 29.9 Å². The van der Waals surface area contributed by atoms with Gasteiger partial charge in [-0.05, 0) is 55.4 Å². The van der Waals surface area contributed by atoms with Crippen molar-refractivity contribution in [1.29, 1.82) is 5.41 Å². The third kappa shape index (κ3) is 7.56. The van der Waals surface area contributed by atoms with Gasteiger partial charge in [-0.1, -0.05) is 74.0 Å². The lowest BCUT2D eigenvalue weighted by molar-refractivity contribution is 0.313. The number of sulfonamides is 1. The Morgan fingerprint density at radius 3 is 2.24 bits per heavy atom. The van der Waals surface area contributed by atoms with E-state index in [0.29, 0.717) is 46.6 Å². The molecular formula is C33H39Cl3N6O2S. The SMILES string of the molecule is CCN(CC)CCN(c1ccc2c(c1)nc(CCc1ccc(C(=N)N)cc1)n2C)S(=O)(=O)c1cccc2c(Cl)cccc12.Cl.Cl. The van der Waals surface area contributed by atoms with E-state index in [2.05, 4.69) is 23.3 Å². The number of imidazole rings is 1. The van der Waals surface area contributed by atoms with Crippen LogP contribution < -0.4 is 10.0 Å². The van der Waals surface area contributed by atoms with Crippen molar-refractivity contribution in [3.05, 3.63) is 101 Å². The second-order valence-electron chi connectivity index (χ2n) is 10.6. The first-order valence-electron chi connectivity index (χ1n) is 14.4. The van der Waals surface area contributed by atoms with E-state index in [1.165, 1.54) is 4.31 Å². The number of anilines is 1. The van der Waals surface area contributed by atoms with Gasteiger partial charge in [0.05, 0.1) is 21.6 Å². The summed E-state index contributed by atoms with van der Waals surface area (Å²) in [5, 5.41) is 9.41. The summed E-state index contributed by atoms with van der Waals surface area (Å²) in [5.41, 5.74) is 9.66. The fourth-order valence-electron chi connectivity index (χ4n) is 5.47. The zero-order chi connectivity index (χ0) is 30.7. The van der Waals surface area contributed by atoms with Crippen LogP contribution in [0.1, 0.15) is 30.8 Å². The van der Waals surface area contributed by atoms with Crippen LogP contribution in [0.3, 0.4) is 0 Å². The molecule has 1 heterocycles. The van der Waals surface area contributed by atoms with Crippen molar-refractivity contribution < 1.29 is 8.42 Å². The zero-order valence-electron chi connectivity index (χ0n) is 25.5. The van der Waals surface area contributed by atoms with Gasteiger partial charge in [-0.3, -0.25) is 9.71 Å². The Kier molecular flexibility index (Phi) is 12.3. The number of halogens is 3. The van der Waals surface area contributed by atoms with Crippen molar-refractivity contribution in [2.45, 2.75) is 31.6 Å². The van der Waals surface area contributed by atoms with E-state index >= 15 is 0 Å². The molecule has 5 rings (SSSR count). The van der Waals surface area contributed by atoms with E-state index < -0.39 is 10.0 Å². The van der Waals surface area contributed by atoms with E-state index in [1.807, 2.05) is 55.6 Å². The van der Waals surface area contributed by atoms with Gasteiger partial charge < -0.3 is 15.2 Å². The van der Waals surface area contributed by atoms with Gasteiger partial charge in [-0.15, -0.1) is 24.8 Å². The molecule has 0 saturated heterocycles. The Balaban J connectivity index is 0.00000276. The van der Waals surface area contributed by atoms with Crippen LogP contribution >= 0.6 is 36.4 Å². The predicted molar refractivity (Wildman–Crippen MR) is 191 cm³/mol. The molecule has 0 radical (unpaired) electrons. The molecule has 1 aromatic heterocycles. The molecule has 0 aliphatic heterocycles. The number of fused-ring (bicyclic) bond motifs is 2. The summed E-state index contributed by atoms with van der Waals surface area (Å²) in [5.74, 6) is 0.958. The van der Waals surface area contributed by atoms with E-state index in [4.69, 9.17) is 27.7 Å². The molecule has 0 spiro atoms. The number of aromatic nitrogens is 2. The van der Waals surface area contributed by atoms with E-state index in [0.717, 1.165) is 41.9 Å². The smallest absolute Gasteiger partial charge is 0.264 e. The highest BCUT2D eigenvalue weighted by molar-refractivity contribution is 7.93. The van der Waals surface area contributed by atoms with Gasteiger partial charge in [-0.2, -0.15) is 0 Å². The van der Waals surface area contributed by atoms with Crippen LogP contribution in [0.25, 0.3) is 21.8 Å². The molecule has 0 atom stereocenters. The summed E-state index contributed by atoms with van der Waals surface area (Å²) in [6.45, 7) is 6.69. The largest absolute Gasteiger partial charge is 0.384 e. The highest BCUT2D eigenvalue weighted by Gasteiger charge is 2.28. The van der Waals surface area contributed by atoms with Gasteiger partial charge in [-0.25, -0.2) is 13.4 Å². The summed E-state index contributed by atoms with van der Waals surface area (Å²) >= 11 is 6.44. The predicted octanol–water partition coefficient (Wildman–Crippen LogP) is 6.83. The fraction of sp³-hybridized carbons (Fsp3) is 0.273. The summed E-state index contributed by atoms with van der Waals surface area (Å²) in [4.78, 5) is 7.36. The van der Waals surface area contributed by atoms with Crippen LogP contribution in [0.5, 0.6) is 0 Å². The molecule has 0 unspecified atom stereocenters. The number of hydrogen-bond donors (Lipinski definition) is 2. The molecule has 8 nitrogen and oxygen atoms in total. The average molecular weight is 690 g/mol. The average Bonchev–Trinajstić information content (AvgIpc) is 3.32. The molecule has 0 amide bonds. The lowest BCUT2D eigenvalue weighted by Crippen LogP contribution is -2.39. The Hall–Kier alpha value is -3.34. The first-order chi connectivity index (χ1) is 20.6. The molecule has 5 aromatic rings. The molecule has 4 aromatic carbocycles. The summed E-state index contributed by atoms with van der Waals surface area (Å²) in [6.07, 6.45) is 1.48. The maximum absolute atomic E-state index is 14.4. The van der Waals surface area contributed by atoms with Gasteiger partial charge in [0.15, 0.2) is 0 Å². The first-order valence-corrected chi connectivity index (χ1v) is 16.3. The van der Waals surface area contributed by atoms with Gasteiger partial charge in [0, 0.05) is 47.9 Å². The molecule has 45 heavy (non-hydrogen) atoms. The van der Waals surface area contributed by atoms with Crippen molar-refractivity contribution in [1.82, 2.24) is 14.5 Å². The Morgan fingerprint density at radius 2 is 1.58 bits per heavy atom. The van der Waals surface area contributed by atoms with Gasteiger partial charge in [0.1, 0.15) is 11.7 Å². The molecule has 3 N–H and O–H groups in total. The topological polar surface area (TPSA) is 108 Å². The number of amidine groups is 1. The minimum atomic E-state index is -3.95. The standard InChI is InChI=1S/C33H37ClN6O2S.2ClH/c1-4-39(5-2)20-21-40(43(41,42)31-11-7-8-26-27(31)9-6-10-28(26)34)25-17-18-30-29(22-25)37-32(38(30)3)19-14-23-12-15-24(16-13-23)33(35)36;;/h6-13,15-18,22H,4-5,14,19-21H2,1-3H3,(H3,35,36);2*1H. The van der Waals surface area contributed by atoms with Gasteiger partial charge in [0.25, 0.3) is 10.0 Å². The molecular weight excluding hydrogens is 651 g/mol. The van der Waals surface area contributed by atoms with Crippen LogP contribution in [0, 0.1) is 5.41 Å². The van der Waals surface area contributed by atoms with Crippen molar-refractivity contribution in [3.8, 4) is 0 Å². The minimum absolute atomic E-state index is 0. The summed E-state index contributed by atoms with van der Waals surface area (Å²) < 4.78 is 32.4. The molecule has 240 valence electrons. The number of nitrogens with zero attached hydrogens (tertiary/aromatic N) is 4. The van der Waals surface area contributed by atoms with Crippen molar-refractivity contribution in [3.63, 3.8) is 0 Å². The molecule has 0 bridgehead atoms. The van der Waals surface area contributed by atoms with Gasteiger partial charge >= 0.3 is 0 Å². The quantitative estimate of drug-likeness (QED) is 0.110. The van der Waals surface area contributed by atoms with Crippen LogP contribution in [0.15, 0.2) is 83.8 Å². The number of nitrogens with one attached hydrogen (secondary N) is 1. The number of nitrogens with two attached hydrogens (primary N) is 1. The van der Waals surface area contributed by atoms with Gasteiger partial charge in [0.2, 0.25) is 0 Å². The van der Waals surface area contributed by atoms with Crippen LogP contribution in [0.4, 0.5) is 5.69 Å². The molecule has 0 aliphatic carbocycles. The van der Waals surface area contributed by atoms with Crippen LogP contribution in [-0.4, -0.2) is 54.9 Å². The van der Waals surface area contributed by atoms with Crippen molar-refractivity contribution in [2.75, 3.05) is 30.5 Å². The first kappa shape index (κ1) is 36.1.